The highest BCUT2D eigenvalue weighted by atomic mass is 15.3. The Balaban J connectivity index is 1.93. The average Bonchev–Trinajstić information content (AvgIpc) is 2.05. The predicted molar refractivity (Wildman–Crippen MR) is 40.9 cm³/mol. The molecule has 0 aromatic heterocycles. The molecule has 58 valence electrons. The van der Waals surface area contributed by atoms with Gasteiger partial charge >= 0.3 is 0 Å². The highest BCUT2D eigenvalue weighted by molar-refractivity contribution is 4.82. The van der Waals surface area contributed by atoms with Crippen LogP contribution in [0, 0.1) is 0 Å². The quantitative estimate of drug-likeness (QED) is 0.463. The van der Waals surface area contributed by atoms with E-state index in [1.165, 1.54) is 26.1 Å². The zero-order valence-electron chi connectivity index (χ0n) is 6.27. The molecule has 2 heterocycles. The molecule has 0 radical (unpaired) electrons. The van der Waals surface area contributed by atoms with E-state index in [0.29, 0.717) is 0 Å². The van der Waals surface area contributed by atoms with Crippen molar-refractivity contribution < 1.29 is 0 Å². The third kappa shape index (κ3) is 1.17. The van der Waals surface area contributed by atoms with Crippen LogP contribution in [0.1, 0.15) is 6.42 Å². The summed E-state index contributed by atoms with van der Waals surface area (Å²) in [6, 6.07) is 0.815. The summed E-state index contributed by atoms with van der Waals surface area (Å²) in [6.45, 7) is 5.88. The second-order valence-electron chi connectivity index (χ2n) is 3.12. The summed E-state index contributed by atoms with van der Waals surface area (Å²) in [7, 11) is 0. The van der Waals surface area contributed by atoms with E-state index in [4.69, 9.17) is 0 Å². The molecule has 10 heavy (non-hydrogen) atoms. The van der Waals surface area contributed by atoms with Crippen LogP contribution in [0.4, 0.5) is 0 Å². The van der Waals surface area contributed by atoms with Crippen LogP contribution in [0.3, 0.4) is 0 Å². The lowest BCUT2D eigenvalue weighted by Crippen LogP contribution is -2.57. The molecular weight excluding hydrogens is 126 g/mol. The van der Waals surface area contributed by atoms with Crippen molar-refractivity contribution in [3.8, 4) is 0 Å². The summed E-state index contributed by atoms with van der Waals surface area (Å²) in [4.78, 5) is 2.53. The van der Waals surface area contributed by atoms with Gasteiger partial charge in [-0.2, -0.15) is 0 Å². The molecule has 2 saturated heterocycles. The maximum Gasteiger partial charge on any atom is 0.0484 e. The van der Waals surface area contributed by atoms with Crippen LogP contribution in [-0.4, -0.2) is 43.8 Å². The third-order valence-electron chi connectivity index (χ3n) is 2.44. The standard InChI is InChI=1S/C7H15N3/c1-2-9-6-10-4-3-8-5-7(1)10/h7-9H,1-6H2. The van der Waals surface area contributed by atoms with Gasteiger partial charge in [-0.05, 0) is 13.0 Å². The Morgan fingerprint density at radius 3 is 3.10 bits per heavy atom. The smallest absolute Gasteiger partial charge is 0.0484 e. The van der Waals surface area contributed by atoms with Gasteiger partial charge in [0.15, 0.2) is 0 Å². The van der Waals surface area contributed by atoms with E-state index in [0.717, 1.165) is 19.3 Å². The van der Waals surface area contributed by atoms with Crippen LogP contribution in [0.25, 0.3) is 0 Å². The first kappa shape index (κ1) is 6.58. The maximum absolute atomic E-state index is 3.41. The van der Waals surface area contributed by atoms with E-state index in [1.54, 1.807) is 0 Å². The van der Waals surface area contributed by atoms with Gasteiger partial charge in [-0.15, -0.1) is 0 Å². The second-order valence-corrected chi connectivity index (χ2v) is 3.12. The zero-order valence-corrected chi connectivity index (χ0v) is 6.27. The Bertz CT molecular complexity index is 89.4. The summed E-state index contributed by atoms with van der Waals surface area (Å²) in [5.74, 6) is 0. The van der Waals surface area contributed by atoms with Gasteiger partial charge in [-0.3, -0.25) is 4.90 Å². The minimum atomic E-state index is 0.815. The van der Waals surface area contributed by atoms with E-state index in [9.17, 15) is 0 Å². The molecule has 2 rings (SSSR count). The molecule has 0 aromatic rings. The fourth-order valence-corrected chi connectivity index (χ4v) is 1.79. The topological polar surface area (TPSA) is 27.3 Å². The highest BCUT2D eigenvalue weighted by Crippen LogP contribution is 2.08. The first-order valence-electron chi connectivity index (χ1n) is 4.12. The van der Waals surface area contributed by atoms with Crippen LogP contribution in [0.2, 0.25) is 0 Å². The number of nitrogens with zero attached hydrogens (tertiary/aromatic N) is 1. The fourth-order valence-electron chi connectivity index (χ4n) is 1.79. The monoisotopic (exact) mass is 141 g/mol. The number of hydrogen-bond acceptors (Lipinski definition) is 3. The molecule has 0 aromatic carbocycles. The van der Waals surface area contributed by atoms with E-state index >= 15 is 0 Å². The molecule has 2 aliphatic rings. The number of hydrogen-bond donors (Lipinski definition) is 2. The van der Waals surface area contributed by atoms with Crippen molar-refractivity contribution in [1.82, 2.24) is 15.5 Å². The fraction of sp³-hybridized carbons (Fsp3) is 1.00. The van der Waals surface area contributed by atoms with Crippen molar-refractivity contribution in [2.45, 2.75) is 12.5 Å². The molecular formula is C7H15N3. The van der Waals surface area contributed by atoms with Crippen LogP contribution < -0.4 is 10.6 Å². The summed E-state index contributed by atoms with van der Waals surface area (Å²) in [6.07, 6.45) is 1.31. The normalized spacial score (nSPS) is 35.4. The first-order chi connectivity index (χ1) is 4.97. The van der Waals surface area contributed by atoms with Gasteiger partial charge in [-0.1, -0.05) is 0 Å². The minimum Gasteiger partial charge on any atom is -0.314 e. The van der Waals surface area contributed by atoms with Gasteiger partial charge < -0.3 is 10.6 Å². The van der Waals surface area contributed by atoms with Crippen molar-refractivity contribution >= 4 is 0 Å². The van der Waals surface area contributed by atoms with Crippen molar-refractivity contribution in [2.24, 2.45) is 0 Å². The SMILES string of the molecule is C1CN2CNCCC2CN1. The van der Waals surface area contributed by atoms with Crippen molar-refractivity contribution in [2.75, 3.05) is 32.8 Å². The maximum atomic E-state index is 3.41. The molecule has 3 nitrogen and oxygen atoms in total. The van der Waals surface area contributed by atoms with Gasteiger partial charge in [0.05, 0.1) is 0 Å². The Labute approximate surface area is 61.8 Å². The molecule has 3 heteroatoms. The van der Waals surface area contributed by atoms with Crippen LogP contribution in [0.5, 0.6) is 0 Å². The second kappa shape index (κ2) is 2.86. The Kier molecular flexibility index (Phi) is 1.88. The largest absolute Gasteiger partial charge is 0.314 e. The zero-order chi connectivity index (χ0) is 6.81. The van der Waals surface area contributed by atoms with Gasteiger partial charge in [0.25, 0.3) is 0 Å². The van der Waals surface area contributed by atoms with Gasteiger partial charge in [-0.25, -0.2) is 0 Å². The van der Waals surface area contributed by atoms with E-state index in [1.807, 2.05) is 0 Å². The number of fused-ring (bicyclic) bond motifs is 1. The summed E-state index contributed by atoms with van der Waals surface area (Å²) >= 11 is 0. The van der Waals surface area contributed by atoms with Crippen LogP contribution >= 0.6 is 0 Å². The van der Waals surface area contributed by atoms with Crippen molar-refractivity contribution in [3.63, 3.8) is 0 Å². The lowest BCUT2D eigenvalue weighted by molar-refractivity contribution is 0.113. The van der Waals surface area contributed by atoms with E-state index in [-0.39, 0.29) is 0 Å². The summed E-state index contributed by atoms with van der Waals surface area (Å²) in [5, 5.41) is 6.80. The number of piperazine rings is 1. The van der Waals surface area contributed by atoms with Crippen molar-refractivity contribution in [1.29, 1.82) is 0 Å². The Morgan fingerprint density at radius 2 is 2.20 bits per heavy atom. The molecule has 2 N–H and O–H groups in total. The van der Waals surface area contributed by atoms with Gasteiger partial charge in [0, 0.05) is 32.3 Å². The molecule has 1 unspecified atom stereocenters. The lowest BCUT2D eigenvalue weighted by atomic mass is 10.1. The van der Waals surface area contributed by atoms with Gasteiger partial charge in [0.1, 0.15) is 0 Å². The molecule has 1 atom stereocenters. The van der Waals surface area contributed by atoms with Gasteiger partial charge in [0.2, 0.25) is 0 Å². The van der Waals surface area contributed by atoms with Crippen LogP contribution in [-0.2, 0) is 0 Å². The van der Waals surface area contributed by atoms with E-state index in [2.05, 4.69) is 15.5 Å². The Hall–Kier alpha value is -0.120. The molecule has 0 aliphatic carbocycles. The summed E-state index contributed by atoms with van der Waals surface area (Å²) in [5.41, 5.74) is 0. The number of rotatable bonds is 0. The molecule has 0 spiro atoms. The van der Waals surface area contributed by atoms with Crippen molar-refractivity contribution in [3.05, 3.63) is 0 Å². The average molecular weight is 141 g/mol. The van der Waals surface area contributed by atoms with E-state index < -0.39 is 0 Å². The molecule has 0 amide bonds. The number of nitrogens with one attached hydrogen (secondary N) is 2. The molecule has 2 aliphatic heterocycles. The first-order valence-corrected chi connectivity index (χ1v) is 4.12. The summed E-state index contributed by atoms with van der Waals surface area (Å²) < 4.78 is 0. The predicted octanol–water partition coefficient (Wildman–Crippen LogP) is -0.789. The highest BCUT2D eigenvalue weighted by Gasteiger charge is 2.23. The molecule has 0 saturated carbocycles. The molecule has 0 bridgehead atoms. The minimum absolute atomic E-state index is 0.815. The third-order valence-corrected chi connectivity index (χ3v) is 2.44. The Morgan fingerprint density at radius 1 is 1.20 bits per heavy atom. The molecule has 2 fully saturated rings. The lowest BCUT2D eigenvalue weighted by Gasteiger charge is -2.39. The van der Waals surface area contributed by atoms with Crippen LogP contribution in [0.15, 0.2) is 0 Å².